The molecule has 0 aromatic carbocycles. The topological polar surface area (TPSA) is 86.6 Å². The van der Waals surface area contributed by atoms with Crippen molar-refractivity contribution in [2.75, 3.05) is 13.6 Å². The summed E-state index contributed by atoms with van der Waals surface area (Å²) in [5.74, 6) is 0.647. The van der Waals surface area contributed by atoms with E-state index in [0.29, 0.717) is 17.6 Å². The number of nitrogens with one attached hydrogen (secondary N) is 1. The second-order valence-electron chi connectivity index (χ2n) is 7.23. The average Bonchev–Trinajstić information content (AvgIpc) is 2.48. The Morgan fingerprint density at radius 3 is 2.09 bits per heavy atom. The highest BCUT2D eigenvalue weighted by Crippen LogP contribution is 2.63. The molecule has 0 aromatic rings. The molecule has 4 aliphatic carbocycles. The highest BCUT2D eigenvalue weighted by molar-refractivity contribution is 9.09. The van der Waals surface area contributed by atoms with Crippen LogP contribution in [0.2, 0.25) is 0 Å². The smallest absolute Gasteiger partial charge is 0.328 e. The molecule has 0 radical (unpaired) electrons. The maximum Gasteiger partial charge on any atom is 0.328 e. The van der Waals surface area contributed by atoms with Gasteiger partial charge in [-0.25, -0.2) is 9.59 Å². The largest absolute Gasteiger partial charge is 0.478 e. The number of alkyl halides is 1. The predicted octanol–water partition coefficient (Wildman–Crippen LogP) is 2.90. The van der Waals surface area contributed by atoms with Crippen molar-refractivity contribution in [3.8, 4) is 0 Å². The lowest BCUT2D eigenvalue weighted by Gasteiger charge is -2.60. The number of carboxylic acid groups (broad SMARTS) is 2. The standard InChI is InChI=1S/C13H22BrN.C4H4O4/c1-15-3-2-13-7-9-4-10(8-13)6-11(5-9)12(13)14;5-3(6)1-2-4(7)8/h9-12,15H,2-8H2,1H3;1-2H,(H,5,6)(H,7,8). The third kappa shape index (κ3) is 4.57. The second-order valence-corrected chi connectivity index (χ2v) is 8.22. The van der Waals surface area contributed by atoms with E-state index in [-0.39, 0.29) is 0 Å². The van der Waals surface area contributed by atoms with E-state index in [2.05, 4.69) is 28.3 Å². The lowest BCUT2D eigenvalue weighted by atomic mass is 9.49. The maximum absolute atomic E-state index is 9.55. The van der Waals surface area contributed by atoms with E-state index in [9.17, 15) is 9.59 Å². The Morgan fingerprint density at radius 1 is 1.13 bits per heavy atom. The quantitative estimate of drug-likeness (QED) is 0.498. The van der Waals surface area contributed by atoms with Crippen LogP contribution in [0.5, 0.6) is 0 Å². The van der Waals surface area contributed by atoms with Gasteiger partial charge in [0.1, 0.15) is 0 Å². The van der Waals surface area contributed by atoms with Gasteiger partial charge in [-0.15, -0.1) is 0 Å². The van der Waals surface area contributed by atoms with Crippen LogP contribution in [0.1, 0.15) is 38.5 Å². The number of hydrogen-bond acceptors (Lipinski definition) is 3. The minimum absolute atomic E-state index is 0.558. The van der Waals surface area contributed by atoms with Gasteiger partial charge >= 0.3 is 11.9 Å². The van der Waals surface area contributed by atoms with Crippen molar-refractivity contribution in [1.29, 1.82) is 0 Å². The van der Waals surface area contributed by atoms with E-state index in [1.165, 1.54) is 38.6 Å². The fourth-order valence-electron chi connectivity index (χ4n) is 5.01. The lowest BCUT2D eigenvalue weighted by molar-refractivity contribution is -0.134. The SMILES string of the molecule is CNCCC12CC3CC(CC(C3)C1Br)C2.O=C(O)C=CC(=O)O. The van der Waals surface area contributed by atoms with Gasteiger partial charge in [0.2, 0.25) is 0 Å². The first-order chi connectivity index (χ1) is 10.9. The summed E-state index contributed by atoms with van der Waals surface area (Å²) < 4.78 is 0. The molecule has 0 aliphatic heterocycles. The third-order valence-corrected chi connectivity index (χ3v) is 7.29. The molecule has 4 rings (SSSR count). The van der Waals surface area contributed by atoms with Gasteiger partial charge in [-0.3, -0.25) is 0 Å². The van der Waals surface area contributed by atoms with Crippen LogP contribution in [-0.4, -0.2) is 40.6 Å². The van der Waals surface area contributed by atoms with Crippen molar-refractivity contribution in [1.82, 2.24) is 5.32 Å². The van der Waals surface area contributed by atoms with E-state index >= 15 is 0 Å². The van der Waals surface area contributed by atoms with Crippen LogP contribution in [-0.2, 0) is 9.59 Å². The highest BCUT2D eigenvalue weighted by atomic mass is 79.9. The molecule has 4 fully saturated rings. The van der Waals surface area contributed by atoms with Crippen molar-refractivity contribution in [2.24, 2.45) is 23.2 Å². The monoisotopic (exact) mass is 387 g/mol. The van der Waals surface area contributed by atoms with Crippen LogP contribution in [0.3, 0.4) is 0 Å². The molecule has 23 heavy (non-hydrogen) atoms. The molecule has 4 bridgehead atoms. The molecule has 0 heterocycles. The Hall–Kier alpha value is -0.880. The minimum atomic E-state index is -1.26. The minimum Gasteiger partial charge on any atom is -0.478 e. The second kappa shape index (κ2) is 7.79. The van der Waals surface area contributed by atoms with E-state index in [0.717, 1.165) is 22.6 Å². The summed E-state index contributed by atoms with van der Waals surface area (Å²) in [5, 5.41) is 19.0. The molecule has 3 atom stereocenters. The first kappa shape index (κ1) is 18.5. The van der Waals surface area contributed by atoms with E-state index in [1.54, 1.807) is 6.42 Å². The third-order valence-electron chi connectivity index (χ3n) is 5.57. The molecular formula is C17H26BrNO4. The zero-order chi connectivity index (χ0) is 17.0. The maximum atomic E-state index is 9.55. The van der Waals surface area contributed by atoms with Gasteiger partial charge in [0.15, 0.2) is 0 Å². The molecule has 5 nitrogen and oxygen atoms in total. The molecule has 3 unspecified atom stereocenters. The zero-order valence-electron chi connectivity index (χ0n) is 13.5. The van der Waals surface area contributed by atoms with Gasteiger partial charge in [-0.2, -0.15) is 0 Å². The number of hydrogen-bond donors (Lipinski definition) is 3. The van der Waals surface area contributed by atoms with Gasteiger partial charge < -0.3 is 15.5 Å². The Balaban J connectivity index is 0.000000207. The molecule has 4 aliphatic rings. The molecule has 3 N–H and O–H groups in total. The van der Waals surface area contributed by atoms with Crippen LogP contribution in [0, 0.1) is 23.2 Å². The van der Waals surface area contributed by atoms with E-state index in [4.69, 9.17) is 10.2 Å². The van der Waals surface area contributed by atoms with Crippen molar-refractivity contribution in [3.05, 3.63) is 12.2 Å². The zero-order valence-corrected chi connectivity index (χ0v) is 15.1. The molecule has 0 amide bonds. The van der Waals surface area contributed by atoms with Crippen molar-refractivity contribution in [3.63, 3.8) is 0 Å². The van der Waals surface area contributed by atoms with Gasteiger partial charge in [-0.1, -0.05) is 15.9 Å². The summed E-state index contributed by atoms with van der Waals surface area (Å²) in [6.45, 7) is 1.20. The van der Waals surface area contributed by atoms with Gasteiger partial charge in [-0.05, 0) is 75.3 Å². The molecule has 0 spiro atoms. The summed E-state index contributed by atoms with van der Waals surface area (Å²) in [5.41, 5.74) is 0.664. The molecule has 130 valence electrons. The van der Waals surface area contributed by atoms with E-state index in [1.807, 2.05) is 0 Å². The Morgan fingerprint density at radius 2 is 1.65 bits per heavy atom. The van der Waals surface area contributed by atoms with Crippen LogP contribution in [0.4, 0.5) is 0 Å². The van der Waals surface area contributed by atoms with Gasteiger partial charge in [0, 0.05) is 17.0 Å². The number of halogens is 1. The van der Waals surface area contributed by atoms with Gasteiger partial charge in [0.25, 0.3) is 0 Å². The number of rotatable bonds is 5. The van der Waals surface area contributed by atoms with Crippen LogP contribution >= 0.6 is 15.9 Å². The molecule has 0 aromatic heterocycles. The predicted molar refractivity (Wildman–Crippen MR) is 91.7 cm³/mol. The first-order valence-corrected chi connectivity index (χ1v) is 9.20. The van der Waals surface area contributed by atoms with Gasteiger partial charge in [0.05, 0.1) is 0 Å². The number of carboxylic acids is 2. The Labute approximate surface area is 145 Å². The molecular weight excluding hydrogens is 362 g/mol. The molecule has 6 heteroatoms. The molecule has 0 saturated heterocycles. The van der Waals surface area contributed by atoms with Crippen molar-refractivity contribution >= 4 is 27.9 Å². The average molecular weight is 388 g/mol. The molecule has 4 saturated carbocycles. The summed E-state index contributed by atoms with van der Waals surface area (Å²) in [7, 11) is 2.09. The Bertz CT molecular complexity index is 449. The van der Waals surface area contributed by atoms with E-state index < -0.39 is 11.9 Å². The first-order valence-electron chi connectivity index (χ1n) is 8.29. The summed E-state index contributed by atoms with van der Waals surface area (Å²) in [6, 6.07) is 0. The fraction of sp³-hybridized carbons (Fsp3) is 0.765. The Kier molecular flexibility index (Phi) is 6.26. The summed E-state index contributed by atoms with van der Waals surface area (Å²) in [4.78, 5) is 19.9. The number of aliphatic carboxylic acids is 2. The van der Waals surface area contributed by atoms with Crippen LogP contribution < -0.4 is 5.32 Å². The normalized spacial score (nSPS) is 37.5. The highest BCUT2D eigenvalue weighted by Gasteiger charge is 2.55. The summed E-state index contributed by atoms with van der Waals surface area (Å²) >= 11 is 4.04. The van der Waals surface area contributed by atoms with Crippen molar-refractivity contribution < 1.29 is 19.8 Å². The lowest BCUT2D eigenvalue weighted by Crippen LogP contribution is -2.54. The fourth-order valence-corrected chi connectivity index (χ4v) is 6.04. The summed E-state index contributed by atoms with van der Waals surface area (Å²) in [6.07, 6.45) is 10.1. The van der Waals surface area contributed by atoms with Crippen molar-refractivity contribution in [2.45, 2.75) is 43.4 Å². The van der Waals surface area contributed by atoms with Crippen LogP contribution in [0.25, 0.3) is 0 Å². The number of carbonyl (C=O) groups is 2. The van der Waals surface area contributed by atoms with Crippen LogP contribution in [0.15, 0.2) is 12.2 Å².